The fourth-order valence-corrected chi connectivity index (χ4v) is 3.13. The predicted octanol–water partition coefficient (Wildman–Crippen LogP) is 3.82. The Bertz CT molecular complexity index is 410. The minimum absolute atomic E-state index is 0.249. The Hall–Kier alpha value is -0.920. The second-order valence-corrected chi connectivity index (χ2v) is 7.41. The molecule has 0 saturated carbocycles. The quantitative estimate of drug-likeness (QED) is 0.679. The maximum Gasteiger partial charge on any atom is 0.0658 e. The Labute approximate surface area is 105 Å². The molecule has 0 N–H and O–H groups in total. The lowest BCUT2D eigenvalue weighted by Crippen LogP contribution is -2.32. The van der Waals surface area contributed by atoms with Crippen LogP contribution in [-0.4, -0.2) is 9.97 Å². The van der Waals surface area contributed by atoms with E-state index in [0.29, 0.717) is 17.3 Å². The van der Waals surface area contributed by atoms with Crippen molar-refractivity contribution in [3.63, 3.8) is 0 Å². The fourth-order valence-electron chi connectivity index (χ4n) is 3.13. The van der Waals surface area contributed by atoms with Crippen molar-refractivity contribution in [2.45, 2.75) is 53.9 Å². The first-order chi connectivity index (χ1) is 7.71. The molecule has 1 aromatic heterocycles. The SMILES string of the molecule is CC(C)(C)C1Cc2nccnc2C1C(C)(C)C. The van der Waals surface area contributed by atoms with Crippen LogP contribution in [0.15, 0.2) is 12.4 Å². The molecule has 0 aliphatic heterocycles. The molecule has 1 heterocycles. The number of hydrogen-bond donors (Lipinski definition) is 0. The van der Waals surface area contributed by atoms with Crippen LogP contribution in [-0.2, 0) is 6.42 Å². The van der Waals surface area contributed by atoms with Gasteiger partial charge in [0, 0.05) is 18.3 Å². The Morgan fingerprint density at radius 2 is 1.53 bits per heavy atom. The van der Waals surface area contributed by atoms with E-state index in [1.807, 2.05) is 12.4 Å². The molecule has 0 aromatic carbocycles. The van der Waals surface area contributed by atoms with Crippen LogP contribution < -0.4 is 0 Å². The molecule has 2 nitrogen and oxygen atoms in total. The summed E-state index contributed by atoms with van der Waals surface area (Å²) >= 11 is 0. The van der Waals surface area contributed by atoms with Crippen LogP contribution >= 0.6 is 0 Å². The highest BCUT2D eigenvalue weighted by atomic mass is 14.8. The Kier molecular flexibility index (Phi) is 2.80. The molecule has 94 valence electrons. The average Bonchev–Trinajstić information content (AvgIpc) is 2.54. The van der Waals surface area contributed by atoms with Crippen LogP contribution in [0, 0.1) is 16.7 Å². The number of rotatable bonds is 0. The molecule has 2 rings (SSSR count). The van der Waals surface area contributed by atoms with Gasteiger partial charge in [-0.1, -0.05) is 41.5 Å². The summed E-state index contributed by atoms with van der Waals surface area (Å²) < 4.78 is 0. The van der Waals surface area contributed by atoms with E-state index in [1.165, 1.54) is 11.4 Å². The summed E-state index contributed by atoms with van der Waals surface area (Å²) in [7, 11) is 0. The molecule has 1 aromatic rings. The zero-order chi connectivity index (χ0) is 12.8. The van der Waals surface area contributed by atoms with Gasteiger partial charge in [-0.2, -0.15) is 0 Å². The first-order valence-corrected chi connectivity index (χ1v) is 6.51. The van der Waals surface area contributed by atoms with Crippen LogP contribution in [0.25, 0.3) is 0 Å². The van der Waals surface area contributed by atoms with Crippen molar-refractivity contribution < 1.29 is 0 Å². The molecular formula is C15H24N2. The Morgan fingerprint density at radius 1 is 0.941 bits per heavy atom. The van der Waals surface area contributed by atoms with E-state index >= 15 is 0 Å². The molecule has 0 fully saturated rings. The number of aromatic nitrogens is 2. The molecule has 0 spiro atoms. The van der Waals surface area contributed by atoms with Crippen molar-refractivity contribution in [2.75, 3.05) is 0 Å². The predicted molar refractivity (Wildman–Crippen MR) is 70.9 cm³/mol. The highest BCUT2D eigenvalue weighted by Crippen LogP contribution is 2.52. The van der Waals surface area contributed by atoms with Crippen molar-refractivity contribution in [1.29, 1.82) is 0 Å². The molecule has 1 aliphatic carbocycles. The van der Waals surface area contributed by atoms with Gasteiger partial charge in [0.2, 0.25) is 0 Å². The average molecular weight is 232 g/mol. The third kappa shape index (κ3) is 2.22. The molecule has 2 heteroatoms. The summed E-state index contributed by atoms with van der Waals surface area (Å²) in [5.74, 6) is 1.16. The van der Waals surface area contributed by atoms with Gasteiger partial charge in [0.15, 0.2) is 0 Å². The number of hydrogen-bond acceptors (Lipinski definition) is 2. The van der Waals surface area contributed by atoms with E-state index < -0.39 is 0 Å². The molecule has 2 atom stereocenters. The molecule has 0 radical (unpaired) electrons. The maximum absolute atomic E-state index is 4.61. The third-order valence-corrected chi connectivity index (χ3v) is 3.96. The van der Waals surface area contributed by atoms with Gasteiger partial charge in [-0.05, 0) is 23.2 Å². The van der Waals surface area contributed by atoms with Gasteiger partial charge in [0.25, 0.3) is 0 Å². The molecule has 0 amide bonds. The minimum atomic E-state index is 0.249. The van der Waals surface area contributed by atoms with Crippen molar-refractivity contribution in [3.8, 4) is 0 Å². The Balaban J connectivity index is 2.48. The van der Waals surface area contributed by atoms with E-state index in [9.17, 15) is 0 Å². The summed E-state index contributed by atoms with van der Waals surface area (Å²) in [5, 5.41) is 0. The van der Waals surface area contributed by atoms with Gasteiger partial charge < -0.3 is 0 Å². The van der Waals surface area contributed by atoms with Crippen LogP contribution in [0.4, 0.5) is 0 Å². The van der Waals surface area contributed by atoms with Crippen LogP contribution in [0.5, 0.6) is 0 Å². The molecular weight excluding hydrogens is 208 g/mol. The van der Waals surface area contributed by atoms with E-state index in [0.717, 1.165) is 6.42 Å². The minimum Gasteiger partial charge on any atom is -0.258 e. The number of fused-ring (bicyclic) bond motifs is 1. The first kappa shape index (κ1) is 12.5. The zero-order valence-electron chi connectivity index (χ0n) is 11.9. The molecule has 1 aliphatic rings. The third-order valence-electron chi connectivity index (χ3n) is 3.96. The van der Waals surface area contributed by atoms with Crippen molar-refractivity contribution in [3.05, 3.63) is 23.8 Å². The lowest BCUT2D eigenvalue weighted by Gasteiger charge is -2.39. The maximum atomic E-state index is 4.61. The molecule has 17 heavy (non-hydrogen) atoms. The van der Waals surface area contributed by atoms with Gasteiger partial charge in [0.1, 0.15) is 0 Å². The fraction of sp³-hybridized carbons (Fsp3) is 0.733. The lowest BCUT2D eigenvalue weighted by atomic mass is 9.65. The largest absolute Gasteiger partial charge is 0.258 e. The molecule has 2 unspecified atom stereocenters. The topological polar surface area (TPSA) is 25.8 Å². The second kappa shape index (κ2) is 3.79. The van der Waals surface area contributed by atoms with Gasteiger partial charge in [-0.15, -0.1) is 0 Å². The first-order valence-electron chi connectivity index (χ1n) is 6.51. The summed E-state index contributed by atoms with van der Waals surface area (Å²) in [6.45, 7) is 14.0. The summed E-state index contributed by atoms with van der Waals surface area (Å²) in [6, 6.07) is 0. The van der Waals surface area contributed by atoms with Gasteiger partial charge in [-0.25, -0.2) is 0 Å². The zero-order valence-corrected chi connectivity index (χ0v) is 11.9. The summed E-state index contributed by atoms with van der Waals surface area (Å²) in [5.41, 5.74) is 3.01. The van der Waals surface area contributed by atoms with E-state index in [2.05, 4.69) is 51.5 Å². The van der Waals surface area contributed by atoms with Gasteiger partial charge >= 0.3 is 0 Å². The van der Waals surface area contributed by atoms with Crippen LogP contribution in [0.3, 0.4) is 0 Å². The number of nitrogens with zero attached hydrogens (tertiary/aromatic N) is 2. The van der Waals surface area contributed by atoms with Crippen molar-refractivity contribution in [2.24, 2.45) is 16.7 Å². The highest BCUT2D eigenvalue weighted by Gasteiger charge is 2.46. The smallest absolute Gasteiger partial charge is 0.0658 e. The Morgan fingerprint density at radius 3 is 2.06 bits per heavy atom. The van der Waals surface area contributed by atoms with Crippen LogP contribution in [0.2, 0.25) is 0 Å². The molecule has 0 saturated heterocycles. The lowest BCUT2D eigenvalue weighted by molar-refractivity contribution is 0.140. The highest BCUT2D eigenvalue weighted by molar-refractivity contribution is 5.27. The summed E-state index contributed by atoms with van der Waals surface area (Å²) in [6.07, 6.45) is 4.74. The normalized spacial score (nSPS) is 24.8. The van der Waals surface area contributed by atoms with Gasteiger partial charge in [0.05, 0.1) is 11.4 Å². The molecule has 0 bridgehead atoms. The van der Waals surface area contributed by atoms with Crippen molar-refractivity contribution in [1.82, 2.24) is 9.97 Å². The van der Waals surface area contributed by atoms with Gasteiger partial charge in [-0.3, -0.25) is 9.97 Å². The monoisotopic (exact) mass is 232 g/mol. The summed E-state index contributed by atoms with van der Waals surface area (Å²) in [4.78, 5) is 9.13. The second-order valence-electron chi connectivity index (χ2n) is 7.41. The van der Waals surface area contributed by atoms with E-state index in [1.54, 1.807) is 0 Å². The van der Waals surface area contributed by atoms with E-state index in [4.69, 9.17) is 0 Å². The van der Waals surface area contributed by atoms with Crippen LogP contribution in [0.1, 0.15) is 58.8 Å². The van der Waals surface area contributed by atoms with E-state index in [-0.39, 0.29) is 5.41 Å². The standard InChI is InChI=1S/C15H24N2/c1-14(2,3)10-9-11-13(17-8-7-16-11)12(10)15(4,5)6/h7-8,10,12H,9H2,1-6H3. The van der Waals surface area contributed by atoms with Crippen molar-refractivity contribution >= 4 is 0 Å².